The normalized spacial score (nSPS) is 26.2. The van der Waals surface area contributed by atoms with Gasteiger partial charge in [0.2, 0.25) is 0 Å². The zero-order valence-corrected chi connectivity index (χ0v) is 10.6. The second-order valence-corrected chi connectivity index (χ2v) is 6.20. The summed E-state index contributed by atoms with van der Waals surface area (Å²) in [5.74, 6) is 1.56. The molecule has 2 aliphatic carbocycles. The van der Waals surface area contributed by atoms with Crippen LogP contribution in [-0.2, 0) is 4.57 Å². The van der Waals surface area contributed by atoms with Crippen LogP contribution in [0.1, 0.15) is 64.2 Å². The first-order chi connectivity index (χ1) is 7.42. The van der Waals surface area contributed by atoms with Gasteiger partial charge in [-0.05, 0) is 37.5 Å². The lowest BCUT2D eigenvalue weighted by molar-refractivity contribution is 0.251. The van der Waals surface area contributed by atoms with Crippen LogP contribution in [0.3, 0.4) is 0 Å². The van der Waals surface area contributed by atoms with Crippen LogP contribution in [0.2, 0.25) is 0 Å². The zero-order chi connectivity index (χ0) is 10.5. The maximum atomic E-state index is 11.4. The first-order valence-corrected chi connectivity index (χ1v) is 7.62. The summed E-state index contributed by atoms with van der Waals surface area (Å²) in [6.07, 6.45) is 13.7. The van der Waals surface area contributed by atoms with Gasteiger partial charge < -0.3 is 0 Å². The monoisotopic (exact) mass is 226 g/mol. The Bertz CT molecular complexity index is 175. The molecule has 0 radical (unpaired) electrons. The quantitative estimate of drug-likeness (QED) is 0.631. The van der Waals surface area contributed by atoms with E-state index in [1.807, 2.05) is 0 Å². The first-order valence-electron chi connectivity index (χ1n) is 6.74. The Balaban J connectivity index is 1.91. The largest absolute Gasteiger partial charge is 0.275 e. The summed E-state index contributed by atoms with van der Waals surface area (Å²) >= 11 is 0. The van der Waals surface area contributed by atoms with E-state index in [2.05, 4.69) is 0 Å². The third-order valence-electron chi connectivity index (χ3n) is 4.39. The number of hydrogen-bond donors (Lipinski definition) is 0. The topological polar surface area (TPSA) is 17.1 Å². The summed E-state index contributed by atoms with van der Waals surface area (Å²) in [5, 5.41) is 0. The van der Waals surface area contributed by atoms with Crippen molar-refractivity contribution in [2.24, 2.45) is 11.8 Å². The van der Waals surface area contributed by atoms with Crippen LogP contribution in [0.25, 0.3) is 0 Å². The van der Waals surface area contributed by atoms with Gasteiger partial charge in [-0.15, -0.1) is 0 Å². The average Bonchev–Trinajstić information content (AvgIpc) is 2.33. The Morgan fingerprint density at radius 2 is 1.13 bits per heavy atom. The Morgan fingerprint density at radius 3 is 1.47 bits per heavy atom. The molecule has 2 rings (SSSR count). The van der Waals surface area contributed by atoms with E-state index in [4.69, 9.17) is 0 Å². The van der Waals surface area contributed by atoms with E-state index in [0.29, 0.717) is 14.1 Å². The summed E-state index contributed by atoms with van der Waals surface area (Å²) in [6, 6.07) is 0. The van der Waals surface area contributed by atoms with Crippen molar-refractivity contribution in [3.8, 4) is 0 Å². The molecule has 1 nitrogen and oxygen atoms in total. The van der Waals surface area contributed by atoms with E-state index in [-0.39, 0.29) is 0 Å². The molecular weight excluding hydrogens is 203 g/mol. The Kier molecular flexibility index (Phi) is 4.62. The van der Waals surface area contributed by atoms with Crippen LogP contribution >= 0.6 is 8.46 Å². The summed E-state index contributed by atoms with van der Waals surface area (Å²) in [5.41, 5.74) is 0.505. The maximum absolute atomic E-state index is 11.4. The maximum Gasteiger partial charge on any atom is 0.159 e. The minimum Gasteiger partial charge on any atom is -0.275 e. The molecule has 0 atom stereocenters. The molecule has 2 aliphatic rings. The lowest BCUT2D eigenvalue weighted by atomic mass is 9.77. The van der Waals surface area contributed by atoms with Crippen molar-refractivity contribution in [2.75, 3.05) is 0 Å². The van der Waals surface area contributed by atoms with Crippen molar-refractivity contribution in [3.05, 3.63) is 0 Å². The smallest absolute Gasteiger partial charge is 0.159 e. The second-order valence-electron chi connectivity index (χ2n) is 5.39. The van der Waals surface area contributed by atoms with Crippen molar-refractivity contribution < 1.29 is 4.57 Å². The fraction of sp³-hybridized carbons (Fsp3) is 1.00. The molecule has 0 spiro atoms. The number of hydrogen-bond acceptors (Lipinski definition) is 1. The fourth-order valence-corrected chi connectivity index (χ4v) is 4.45. The van der Waals surface area contributed by atoms with Gasteiger partial charge in [0.25, 0.3) is 0 Å². The molecule has 2 heteroatoms. The molecule has 2 fully saturated rings. The highest BCUT2D eigenvalue weighted by molar-refractivity contribution is 7.24. The van der Waals surface area contributed by atoms with Crippen molar-refractivity contribution in [1.82, 2.24) is 0 Å². The highest BCUT2D eigenvalue weighted by atomic mass is 31.1. The van der Waals surface area contributed by atoms with Crippen LogP contribution in [-0.4, -0.2) is 5.66 Å². The molecule has 2 saturated carbocycles. The number of rotatable bonds is 3. The molecule has 0 heterocycles. The van der Waals surface area contributed by atoms with Crippen LogP contribution in [0, 0.1) is 11.8 Å². The summed E-state index contributed by atoms with van der Waals surface area (Å²) in [6.45, 7) is 0. The average molecular weight is 226 g/mol. The minimum atomic E-state index is 0.447. The van der Waals surface area contributed by atoms with Crippen LogP contribution in [0.5, 0.6) is 0 Å². The van der Waals surface area contributed by atoms with E-state index in [1.54, 1.807) is 0 Å². The molecule has 0 unspecified atom stereocenters. The van der Waals surface area contributed by atoms with E-state index in [0.717, 1.165) is 11.8 Å². The van der Waals surface area contributed by atoms with Crippen LogP contribution in [0.4, 0.5) is 0 Å². The molecule has 0 aromatic carbocycles. The predicted octanol–water partition coefficient (Wildman–Crippen LogP) is 4.81. The highest BCUT2D eigenvalue weighted by Crippen LogP contribution is 2.41. The van der Waals surface area contributed by atoms with Gasteiger partial charge in [-0.1, -0.05) is 38.5 Å². The molecule has 0 N–H and O–H groups in total. The van der Waals surface area contributed by atoms with Crippen molar-refractivity contribution in [2.45, 2.75) is 69.9 Å². The SMILES string of the molecule is O=PC(C1CCCCC1)C1CCCCC1. The summed E-state index contributed by atoms with van der Waals surface area (Å²) < 4.78 is 11.4. The van der Waals surface area contributed by atoms with Gasteiger partial charge >= 0.3 is 0 Å². The lowest BCUT2D eigenvalue weighted by Gasteiger charge is -2.33. The molecule has 0 aromatic heterocycles. The van der Waals surface area contributed by atoms with E-state index >= 15 is 0 Å². The first kappa shape index (κ1) is 11.6. The molecule has 15 heavy (non-hydrogen) atoms. The molecular formula is C13H23OP. The van der Waals surface area contributed by atoms with Crippen molar-refractivity contribution in [1.29, 1.82) is 0 Å². The Labute approximate surface area is 95.2 Å². The van der Waals surface area contributed by atoms with Gasteiger partial charge in [0, 0.05) is 5.66 Å². The van der Waals surface area contributed by atoms with Gasteiger partial charge in [-0.3, -0.25) is 4.57 Å². The molecule has 0 bridgehead atoms. The Hall–Kier alpha value is 0.100. The van der Waals surface area contributed by atoms with Crippen LogP contribution < -0.4 is 0 Å². The minimum absolute atomic E-state index is 0.447. The van der Waals surface area contributed by atoms with Gasteiger partial charge in [-0.2, -0.15) is 0 Å². The third kappa shape index (κ3) is 3.03. The highest BCUT2D eigenvalue weighted by Gasteiger charge is 2.31. The van der Waals surface area contributed by atoms with Gasteiger partial charge in [0.15, 0.2) is 8.46 Å². The summed E-state index contributed by atoms with van der Waals surface area (Å²) in [4.78, 5) is 0. The van der Waals surface area contributed by atoms with Gasteiger partial charge in [-0.25, -0.2) is 0 Å². The van der Waals surface area contributed by atoms with Crippen molar-refractivity contribution >= 4 is 8.46 Å². The zero-order valence-electron chi connectivity index (χ0n) is 9.66. The molecule has 0 amide bonds. The van der Waals surface area contributed by atoms with Gasteiger partial charge in [0.05, 0.1) is 0 Å². The van der Waals surface area contributed by atoms with E-state index < -0.39 is 0 Å². The third-order valence-corrected chi connectivity index (χ3v) is 5.47. The fourth-order valence-electron chi connectivity index (χ4n) is 3.51. The standard InChI is InChI=1S/C13H23OP/c14-15-13(11-7-3-1-4-8-11)12-9-5-2-6-10-12/h11-13H,1-10H2. The predicted molar refractivity (Wildman–Crippen MR) is 64.5 cm³/mol. The second kappa shape index (κ2) is 5.99. The summed E-state index contributed by atoms with van der Waals surface area (Å²) in [7, 11) is 0.447. The lowest BCUT2D eigenvalue weighted by Crippen LogP contribution is -2.27. The molecule has 0 aliphatic heterocycles. The Morgan fingerprint density at radius 1 is 0.733 bits per heavy atom. The molecule has 86 valence electrons. The van der Waals surface area contributed by atoms with Crippen LogP contribution in [0.15, 0.2) is 0 Å². The molecule has 0 saturated heterocycles. The van der Waals surface area contributed by atoms with E-state index in [9.17, 15) is 4.57 Å². The van der Waals surface area contributed by atoms with Crippen molar-refractivity contribution in [3.63, 3.8) is 0 Å². The van der Waals surface area contributed by atoms with Gasteiger partial charge in [0.1, 0.15) is 0 Å². The molecule has 0 aromatic rings. The van der Waals surface area contributed by atoms with E-state index in [1.165, 1.54) is 64.2 Å².